The van der Waals surface area contributed by atoms with Gasteiger partial charge in [0.05, 0.1) is 42.8 Å². The van der Waals surface area contributed by atoms with Crippen LogP contribution in [0.4, 0.5) is 0 Å². The summed E-state index contributed by atoms with van der Waals surface area (Å²) in [7, 11) is -3.22. The largest absolute Gasteiger partial charge is 0.455 e. The van der Waals surface area contributed by atoms with E-state index >= 15 is 0 Å². The molecule has 0 amide bonds. The zero-order chi connectivity index (χ0) is 21.7. The lowest BCUT2D eigenvalue weighted by Crippen LogP contribution is -2.10. The van der Waals surface area contributed by atoms with Crippen LogP contribution in [0.3, 0.4) is 0 Å². The molecule has 0 bridgehead atoms. The van der Waals surface area contributed by atoms with E-state index in [2.05, 4.69) is 0 Å². The van der Waals surface area contributed by atoms with Gasteiger partial charge in [0, 0.05) is 10.6 Å². The summed E-state index contributed by atoms with van der Waals surface area (Å²) in [5, 5.41) is 9.95. The van der Waals surface area contributed by atoms with Gasteiger partial charge in [-0.15, -0.1) is 0 Å². The third-order valence-corrected chi connectivity index (χ3v) is 6.74. The van der Waals surface area contributed by atoms with E-state index in [-0.39, 0.29) is 23.6 Å². The van der Waals surface area contributed by atoms with Gasteiger partial charge in [0.1, 0.15) is 11.3 Å². The minimum atomic E-state index is -3.22. The van der Waals surface area contributed by atoms with Gasteiger partial charge in [0.2, 0.25) is 0 Å². The predicted octanol–water partition coefficient (Wildman–Crippen LogP) is 5.95. The van der Waals surface area contributed by atoms with Gasteiger partial charge < -0.3 is 13.5 Å². The Morgan fingerprint density at radius 3 is 2.37 bits per heavy atom. The molecular weight excluding hydrogens is 425 g/mol. The fourth-order valence-electron chi connectivity index (χ4n) is 3.19. The molecule has 2 aromatic carbocycles. The van der Waals surface area contributed by atoms with Gasteiger partial charge in [-0.05, 0) is 37.6 Å². The van der Waals surface area contributed by atoms with Crippen molar-refractivity contribution in [2.24, 2.45) is 0 Å². The second-order valence-electron chi connectivity index (χ2n) is 6.52. The van der Waals surface area contributed by atoms with Crippen molar-refractivity contribution in [2.75, 3.05) is 13.2 Å². The molecule has 8 heteroatoms. The summed E-state index contributed by atoms with van der Waals surface area (Å²) < 4.78 is 29.4. The summed E-state index contributed by atoms with van der Waals surface area (Å²) in [5.74, 6) is 0.334. The molecule has 0 N–H and O–H groups in total. The zero-order valence-electron chi connectivity index (χ0n) is 16.7. The molecule has 0 fully saturated rings. The molecular formula is C22H21ClNO5P. The Morgan fingerprint density at radius 1 is 1.10 bits per heavy atom. The maximum Gasteiger partial charge on any atom is 0.335 e. The summed E-state index contributed by atoms with van der Waals surface area (Å²) in [6, 6.07) is 13.9. The number of rotatable bonds is 8. The van der Waals surface area contributed by atoms with Crippen LogP contribution in [-0.2, 0) is 26.2 Å². The van der Waals surface area contributed by atoms with Gasteiger partial charge in [-0.3, -0.25) is 9.36 Å². The van der Waals surface area contributed by atoms with E-state index < -0.39 is 7.60 Å². The molecule has 3 aromatic rings. The van der Waals surface area contributed by atoms with Crippen molar-refractivity contribution < 1.29 is 18.0 Å². The van der Waals surface area contributed by atoms with Crippen molar-refractivity contribution in [2.45, 2.75) is 26.4 Å². The second kappa shape index (κ2) is 9.59. The number of fused-ring (bicyclic) bond motifs is 1. The van der Waals surface area contributed by atoms with Crippen molar-refractivity contribution in [3.8, 4) is 17.4 Å². The fraction of sp³-hybridized carbons (Fsp3) is 0.273. The monoisotopic (exact) mass is 445 g/mol. The van der Waals surface area contributed by atoms with Crippen molar-refractivity contribution in [1.29, 1.82) is 5.26 Å². The Balaban J connectivity index is 2.03. The molecule has 0 saturated heterocycles. The van der Waals surface area contributed by atoms with Crippen LogP contribution in [0, 0.1) is 11.3 Å². The van der Waals surface area contributed by atoms with Gasteiger partial charge in [0.25, 0.3) is 0 Å². The average molecular weight is 446 g/mol. The Labute approximate surface area is 179 Å². The Morgan fingerprint density at radius 2 is 1.77 bits per heavy atom. The van der Waals surface area contributed by atoms with E-state index in [9.17, 15) is 14.6 Å². The van der Waals surface area contributed by atoms with Crippen molar-refractivity contribution in [1.82, 2.24) is 0 Å². The topological polar surface area (TPSA) is 89.5 Å². The number of nitriles is 1. The molecule has 0 radical (unpaired) electrons. The summed E-state index contributed by atoms with van der Waals surface area (Å²) in [6.45, 7) is 4.11. The third kappa shape index (κ3) is 4.83. The van der Waals surface area contributed by atoms with Crippen molar-refractivity contribution in [3.63, 3.8) is 0 Å². The molecule has 3 rings (SSSR count). The van der Waals surface area contributed by atoms with Crippen molar-refractivity contribution in [3.05, 3.63) is 68.8 Å². The summed E-state index contributed by atoms with van der Waals surface area (Å²) in [5.41, 5.74) is 1.79. The van der Waals surface area contributed by atoms with Crippen LogP contribution in [0.1, 0.15) is 25.0 Å². The molecule has 1 heterocycles. The predicted molar refractivity (Wildman–Crippen MR) is 117 cm³/mol. The van der Waals surface area contributed by atoms with Crippen molar-refractivity contribution >= 4 is 30.2 Å². The number of nitrogens with zero attached hydrogens (tertiary/aromatic N) is 1. The van der Waals surface area contributed by atoms with Gasteiger partial charge >= 0.3 is 7.60 Å². The number of hydrogen-bond donors (Lipinski definition) is 0. The third-order valence-electron chi connectivity index (χ3n) is 4.45. The van der Waals surface area contributed by atoms with E-state index in [1.54, 1.807) is 50.2 Å². The smallest absolute Gasteiger partial charge is 0.335 e. The first kappa shape index (κ1) is 22.3. The minimum absolute atomic E-state index is 0.0915. The second-order valence-corrected chi connectivity index (χ2v) is 9.01. The molecule has 156 valence electrons. The Kier molecular flexibility index (Phi) is 7.12. The zero-order valence-corrected chi connectivity index (χ0v) is 18.3. The van der Waals surface area contributed by atoms with Gasteiger partial charge in [-0.25, -0.2) is 0 Å². The number of halogens is 1. The molecule has 6 nitrogen and oxygen atoms in total. The Hall–Kier alpha value is -2.42. The molecule has 0 aliphatic carbocycles. The van der Waals surface area contributed by atoms with Crippen LogP contribution in [0.2, 0.25) is 5.02 Å². The van der Waals surface area contributed by atoms with E-state index in [0.717, 1.165) is 5.56 Å². The first-order chi connectivity index (χ1) is 14.4. The van der Waals surface area contributed by atoms with Crippen LogP contribution < -0.4 is 5.43 Å². The maximum atomic E-state index is 12.9. The molecule has 0 atom stereocenters. The highest BCUT2D eigenvalue weighted by Gasteiger charge is 2.24. The molecule has 30 heavy (non-hydrogen) atoms. The highest BCUT2D eigenvalue weighted by atomic mass is 35.5. The number of hydrogen-bond acceptors (Lipinski definition) is 6. The highest BCUT2D eigenvalue weighted by Crippen LogP contribution is 2.51. The molecule has 0 aliphatic rings. The fourth-order valence-corrected chi connectivity index (χ4v) is 5.06. The minimum Gasteiger partial charge on any atom is -0.455 e. The van der Waals surface area contributed by atoms with Crippen LogP contribution in [0.15, 0.2) is 51.7 Å². The molecule has 1 aromatic heterocycles. The van der Waals surface area contributed by atoms with Gasteiger partial charge in [-0.2, -0.15) is 5.26 Å². The molecule has 0 saturated carbocycles. The lowest BCUT2D eigenvalue weighted by Gasteiger charge is -2.17. The van der Waals surface area contributed by atoms with E-state index in [1.165, 1.54) is 6.07 Å². The first-order valence-corrected chi connectivity index (χ1v) is 11.6. The normalized spacial score (nSPS) is 11.5. The van der Waals surface area contributed by atoms with Crippen LogP contribution in [0.25, 0.3) is 22.3 Å². The van der Waals surface area contributed by atoms with E-state index in [4.69, 9.17) is 25.1 Å². The summed E-state index contributed by atoms with van der Waals surface area (Å²) in [4.78, 5) is 12.9. The Bertz CT molecular complexity index is 1190. The summed E-state index contributed by atoms with van der Waals surface area (Å²) >= 11 is 6.00. The molecule has 0 spiro atoms. The first-order valence-electron chi connectivity index (χ1n) is 9.50. The quantitative estimate of drug-likeness (QED) is 0.398. The van der Waals surface area contributed by atoms with E-state index in [1.807, 2.05) is 6.07 Å². The standard InChI is InChI=1S/C22H21ClNO5P/c1-3-27-30(26,28-4-2)14-15-5-7-16(8-6-15)22-18(11-12-24)21(25)19-13-17(23)9-10-20(19)29-22/h5-10,13H,3-4,11,14H2,1-2H3. The van der Waals surface area contributed by atoms with Crippen LogP contribution in [0.5, 0.6) is 0 Å². The lowest BCUT2D eigenvalue weighted by atomic mass is 10.0. The molecule has 0 aliphatic heterocycles. The van der Waals surface area contributed by atoms with Crippen LogP contribution in [-0.4, -0.2) is 13.2 Å². The van der Waals surface area contributed by atoms with Gasteiger partial charge in [0.15, 0.2) is 5.43 Å². The number of benzene rings is 2. The van der Waals surface area contributed by atoms with Crippen LogP contribution >= 0.6 is 19.2 Å². The summed E-state index contributed by atoms with van der Waals surface area (Å²) in [6.07, 6.45) is 0.0476. The molecule has 0 unspecified atom stereocenters. The SMILES string of the molecule is CCOP(=O)(Cc1ccc(-c2oc3ccc(Cl)cc3c(=O)c2CC#N)cc1)OCC. The highest BCUT2D eigenvalue weighted by molar-refractivity contribution is 7.53. The van der Waals surface area contributed by atoms with E-state index in [0.29, 0.717) is 40.5 Å². The van der Waals surface area contributed by atoms with Gasteiger partial charge in [-0.1, -0.05) is 35.9 Å². The maximum absolute atomic E-state index is 12.9. The average Bonchev–Trinajstić information content (AvgIpc) is 2.71. The lowest BCUT2D eigenvalue weighted by molar-refractivity contribution is 0.219.